The van der Waals surface area contributed by atoms with E-state index in [1.54, 1.807) is 0 Å². The van der Waals surface area contributed by atoms with Crippen molar-refractivity contribution in [1.29, 1.82) is 0 Å². The smallest absolute Gasteiger partial charge is 0.187 e. The van der Waals surface area contributed by atoms with Gasteiger partial charge in [-0.3, -0.25) is 0 Å². The van der Waals surface area contributed by atoms with Gasteiger partial charge in [-0.25, -0.2) is 0 Å². The van der Waals surface area contributed by atoms with Gasteiger partial charge >= 0.3 is 0 Å². The van der Waals surface area contributed by atoms with Gasteiger partial charge in [-0.15, -0.1) is 0 Å². The molecule has 4 aliphatic carbocycles. The SMILES string of the molecule is C[C@H]1CC[C@@]2(OC1)O[C@H]1C[C@H]3[C@@H]4C[C@H](O)[C@@H]5C[C@@H](O[C@@H]6O[C@H](CO)[C@@H](O[C@@H]7O[C@@H](C)[C@H](O)[C@@H](O)[C@H]7O)[C@H](O)[C@H]6O)CC[C@]5(C)[C@H]4CC[C@]3(C)[C@H]1[C@@H]2C. The van der Waals surface area contributed by atoms with Gasteiger partial charge in [0, 0.05) is 12.3 Å². The molecule has 13 heteroatoms. The predicted octanol–water partition coefficient (Wildman–Crippen LogP) is 1.44. The molecule has 4 aliphatic heterocycles. The second-order valence-electron chi connectivity index (χ2n) is 18.8. The number of hydrogen-bond donors (Lipinski definition) is 7. The molecule has 298 valence electrons. The van der Waals surface area contributed by atoms with E-state index in [9.17, 15) is 35.7 Å². The molecule has 0 aromatic rings. The number of fused-ring (bicyclic) bond motifs is 7. The van der Waals surface area contributed by atoms with E-state index >= 15 is 0 Å². The maximum Gasteiger partial charge on any atom is 0.187 e. The molecule has 7 N–H and O–H groups in total. The summed E-state index contributed by atoms with van der Waals surface area (Å²) in [4.78, 5) is 0. The fourth-order valence-corrected chi connectivity index (χ4v) is 13.2. The summed E-state index contributed by atoms with van der Waals surface area (Å²) in [7, 11) is 0. The molecule has 8 aliphatic rings. The first-order valence-corrected chi connectivity index (χ1v) is 20.2. The van der Waals surface area contributed by atoms with Crippen molar-refractivity contribution in [2.24, 2.45) is 52.3 Å². The Labute approximate surface area is 307 Å². The van der Waals surface area contributed by atoms with Crippen molar-refractivity contribution in [3.05, 3.63) is 0 Å². The van der Waals surface area contributed by atoms with Gasteiger partial charge in [-0.2, -0.15) is 0 Å². The van der Waals surface area contributed by atoms with Crippen LogP contribution in [0.1, 0.15) is 92.4 Å². The molecule has 0 radical (unpaired) electrons. The molecule has 0 aromatic carbocycles. The third-order valence-corrected chi connectivity index (χ3v) is 16.1. The first-order valence-electron chi connectivity index (χ1n) is 20.2. The van der Waals surface area contributed by atoms with E-state index in [-0.39, 0.29) is 29.0 Å². The quantitative estimate of drug-likeness (QED) is 0.200. The molecule has 4 saturated heterocycles. The second-order valence-corrected chi connectivity index (χ2v) is 18.8. The zero-order chi connectivity index (χ0) is 37.1. The summed E-state index contributed by atoms with van der Waals surface area (Å²) in [6.07, 6.45) is -5.88. The van der Waals surface area contributed by atoms with Crippen LogP contribution in [0.15, 0.2) is 0 Å². The van der Waals surface area contributed by atoms with Crippen molar-refractivity contribution in [3.63, 3.8) is 0 Å². The van der Waals surface area contributed by atoms with E-state index in [0.29, 0.717) is 48.3 Å². The summed E-state index contributed by atoms with van der Waals surface area (Å²) in [5, 5.41) is 75.1. The van der Waals surface area contributed by atoms with Gasteiger partial charge in [-0.1, -0.05) is 27.7 Å². The van der Waals surface area contributed by atoms with Crippen LogP contribution >= 0.6 is 0 Å². The van der Waals surface area contributed by atoms with E-state index < -0.39 is 79.9 Å². The van der Waals surface area contributed by atoms with Crippen LogP contribution in [0.2, 0.25) is 0 Å². The van der Waals surface area contributed by atoms with E-state index in [2.05, 4.69) is 27.7 Å². The largest absolute Gasteiger partial charge is 0.394 e. The molecule has 0 unspecified atom stereocenters. The lowest BCUT2D eigenvalue weighted by molar-refractivity contribution is -0.362. The average molecular weight is 741 g/mol. The first-order chi connectivity index (χ1) is 24.6. The zero-order valence-electron chi connectivity index (χ0n) is 31.4. The minimum absolute atomic E-state index is 0.0120. The van der Waals surface area contributed by atoms with Crippen LogP contribution < -0.4 is 0 Å². The molecule has 1 spiro atoms. The molecule has 0 aromatic heterocycles. The predicted molar refractivity (Wildman–Crippen MR) is 183 cm³/mol. The van der Waals surface area contributed by atoms with E-state index in [0.717, 1.165) is 51.6 Å². The number of ether oxygens (including phenoxy) is 6. The van der Waals surface area contributed by atoms with Crippen LogP contribution in [0, 0.1) is 52.3 Å². The summed E-state index contributed by atoms with van der Waals surface area (Å²) < 4.78 is 37.0. The Morgan fingerprint density at radius 2 is 1.40 bits per heavy atom. The number of aliphatic hydroxyl groups is 7. The monoisotopic (exact) mass is 740 g/mol. The minimum atomic E-state index is -1.63. The number of rotatable bonds is 5. The molecular weight excluding hydrogens is 676 g/mol. The average Bonchev–Trinajstić information content (AvgIpc) is 3.56. The molecule has 0 bridgehead atoms. The van der Waals surface area contributed by atoms with Gasteiger partial charge in [0.15, 0.2) is 18.4 Å². The second kappa shape index (κ2) is 13.8. The molecule has 52 heavy (non-hydrogen) atoms. The summed E-state index contributed by atoms with van der Waals surface area (Å²) in [6.45, 7) is 11.2. The Morgan fingerprint density at radius 3 is 2.12 bits per heavy atom. The van der Waals surface area contributed by atoms with Crippen LogP contribution in [0.3, 0.4) is 0 Å². The Kier molecular flexibility index (Phi) is 10.2. The minimum Gasteiger partial charge on any atom is -0.394 e. The maximum absolute atomic E-state index is 11.9. The van der Waals surface area contributed by atoms with E-state index in [1.165, 1.54) is 6.92 Å². The highest BCUT2D eigenvalue weighted by atomic mass is 16.7. The van der Waals surface area contributed by atoms with Crippen molar-refractivity contribution in [3.8, 4) is 0 Å². The Balaban J connectivity index is 0.913. The van der Waals surface area contributed by atoms with Crippen molar-refractivity contribution in [2.45, 2.75) is 178 Å². The lowest BCUT2D eigenvalue weighted by Gasteiger charge is -2.62. The van der Waals surface area contributed by atoms with Crippen LogP contribution in [0.4, 0.5) is 0 Å². The summed E-state index contributed by atoms with van der Waals surface area (Å²) in [5.74, 6) is 2.38. The lowest BCUT2D eigenvalue weighted by atomic mass is 9.43. The molecular formula is C39H64O13. The number of aliphatic hydroxyl groups excluding tert-OH is 7. The molecule has 13 nitrogen and oxygen atoms in total. The van der Waals surface area contributed by atoms with Gasteiger partial charge in [0.2, 0.25) is 0 Å². The highest BCUT2D eigenvalue weighted by Gasteiger charge is 2.70. The summed E-state index contributed by atoms with van der Waals surface area (Å²) >= 11 is 0. The van der Waals surface area contributed by atoms with Gasteiger partial charge in [0.25, 0.3) is 0 Å². The van der Waals surface area contributed by atoms with Gasteiger partial charge in [0.1, 0.15) is 42.7 Å². The molecule has 8 rings (SSSR count). The van der Waals surface area contributed by atoms with Crippen LogP contribution in [0.25, 0.3) is 0 Å². The molecule has 8 fully saturated rings. The third-order valence-electron chi connectivity index (χ3n) is 16.1. The Bertz CT molecular complexity index is 1280. The third kappa shape index (κ3) is 5.89. The normalized spacial score (nSPS) is 60.5. The summed E-state index contributed by atoms with van der Waals surface area (Å²) in [5.41, 5.74) is 0.0940. The molecule has 4 heterocycles. The highest BCUT2D eigenvalue weighted by Crippen LogP contribution is 2.71. The first kappa shape index (κ1) is 38.4. The standard InChI is InChI=1S/C39H64O13/c1-17-6-11-39(47-16-17)18(2)28-26(52-39)14-23-21-13-25(41)24-12-20(7-9-37(24,4)22(21)8-10-38(23,28)5)49-36-33(46)31(44)34(27(15-40)50-36)51-35-32(45)30(43)29(42)19(3)48-35/h17-36,40-46H,6-16H2,1-5H3/t17-,18-,19-,20-,21+,22-,23-,24-,25-,26-,27+,28-,29-,30+,31+,32+,33+,34+,35-,36+,37+,38-,39+/m0/s1. The zero-order valence-corrected chi connectivity index (χ0v) is 31.4. The van der Waals surface area contributed by atoms with Crippen LogP contribution in [-0.4, -0.2) is 134 Å². The van der Waals surface area contributed by atoms with Crippen LogP contribution in [0.5, 0.6) is 0 Å². The van der Waals surface area contributed by atoms with Gasteiger partial charge in [-0.05, 0) is 105 Å². The van der Waals surface area contributed by atoms with Gasteiger partial charge < -0.3 is 64.2 Å². The van der Waals surface area contributed by atoms with Crippen molar-refractivity contribution >= 4 is 0 Å². The fraction of sp³-hybridized carbons (Fsp3) is 1.00. The molecule has 4 saturated carbocycles. The van der Waals surface area contributed by atoms with Crippen molar-refractivity contribution in [2.75, 3.05) is 13.2 Å². The van der Waals surface area contributed by atoms with E-state index in [4.69, 9.17) is 28.4 Å². The Morgan fingerprint density at radius 1 is 0.692 bits per heavy atom. The Hall–Kier alpha value is -0.520. The van der Waals surface area contributed by atoms with Crippen molar-refractivity contribution < 1.29 is 64.2 Å². The van der Waals surface area contributed by atoms with E-state index in [1.807, 2.05) is 0 Å². The van der Waals surface area contributed by atoms with Gasteiger partial charge in [0.05, 0.1) is 37.6 Å². The molecule has 0 amide bonds. The topological polar surface area (TPSA) is 197 Å². The summed E-state index contributed by atoms with van der Waals surface area (Å²) in [6, 6.07) is 0. The van der Waals surface area contributed by atoms with Crippen molar-refractivity contribution in [1.82, 2.24) is 0 Å². The fourth-order valence-electron chi connectivity index (χ4n) is 13.2. The highest BCUT2D eigenvalue weighted by molar-refractivity contribution is 5.16. The molecule has 23 atom stereocenters. The maximum atomic E-state index is 11.9. The number of hydrogen-bond acceptors (Lipinski definition) is 13. The van der Waals surface area contributed by atoms with Crippen LogP contribution in [-0.2, 0) is 28.4 Å². The lowest BCUT2D eigenvalue weighted by Crippen LogP contribution is -2.64.